The highest BCUT2D eigenvalue weighted by Crippen LogP contribution is 2.59. The minimum absolute atomic E-state index is 0.0490. The van der Waals surface area contributed by atoms with Gasteiger partial charge >= 0.3 is 0 Å². The van der Waals surface area contributed by atoms with Crippen LogP contribution in [0.4, 0.5) is 5.69 Å². The number of aliphatic hydroxyl groups is 1. The lowest BCUT2D eigenvalue weighted by Crippen LogP contribution is -2.60. The first-order valence-electron chi connectivity index (χ1n) is 16.0. The van der Waals surface area contributed by atoms with Crippen LogP contribution >= 0.6 is 0 Å². The van der Waals surface area contributed by atoms with E-state index in [0.29, 0.717) is 25.9 Å². The quantitative estimate of drug-likeness (QED) is 0.439. The molecule has 2 unspecified atom stereocenters. The van der Waals surface area contributed by atoms with Crippen molar-refractivity contribution >= 4 is 23.4 Å². The number of hydrogen-bond acceptors (Lipinski definition) is 5. The largest absolute Gasteiger partial charge is 0.394 e. The Morgan fingerprint density at radius 2 is 1.57 bits per heavy atom. The third-order valence-electron chi connectivity index (χ3n) is 10.1. The van der Waals surface area contributed by atoms with E-state index in [1.165, 1.54) is 0 Å². The van der Waals surface area contributed by atoms with Gasteiger partial charge in [0, 0.05) is 24.8 Å². The topological polar surface area (TPSA) is 90.4 Å². The molecule has 4 aliphatic rings. The van der Waals surface area contributed by atoms with E-state index in [2.05, 4.69) is 6.92 Å². The molecule has 1 spiro atoms. The summed E-state index contributed by atoms with van der Waals surface area (Å²) in [6.07, 6.45) is 10.3. The van der Waals surface area contributed by atoms with E-state index in [1.807, 2.05) is 104 Å². The molecule has 4 heterocycles. The zero-order valence-electron chi connectivity index (χ0n) is 25.8. The molecule has 8 nitrogen and oxygen atoms in total. The summed E-state index contributed by atoms with van der Waals surface area (Å²) in [5.74, 6) is -2.48. The molecule has 0 bridgehead atoms. The molecule has 0 saturated carbocycles. The van der Waals surface area contributed by atoms with E-state index in [4.69, 9.17) is 4.74 Å². The second kappa shape index (κ2) is 12.0. The molecule has 2 saturated heterocycles. The second-order valence-corrected chi connectivity index (χ2v) is 12.6. The van der Waals surface area contributed by atoms with Gasteiger partial charge in [0.2, 0.25) is 17.7 Å². The number of aliphatic hydroxyl groups excluding tert-OH is 1. The van der Waals surface area contributed by atoms with E-state index in [0.717, 1.165) is 24.1 Å². The van der Waals surface area contributed by atoms with Crippen molar-refractivity contribution in [3.63, 3.8) is 0 Å². The number of hydrogen-bond donors (Lipinski definition) is 1. The van der Waals surface area contributed by atoms with Crippen molar-refractivity contribution in [1.29, 1.82) is 0 Å². The number of amides is 3. The van der Waals surface area contributed by atoms with E-state index in [1.54, 1.807) is 9.80 Å². The summed E-state index contributed by atoms with van der Waals surface area (Å²) in [7, 11) is 0. The summed E-state index contributed by atoms with van der Waals surface area (Å²) < 4.78 is 7.12. The first-order chi connectivity index (χ1) is 21.3. The summed E-state index contributed by atoms with van der Waals surface area (Å²) in [6, 6.07) is 17.4. The number of fused-ring (bicyclic) bond motifs is 2. The molecule has 8 heteroatoms. The molecule has 1 N–H and O–H groups in total. The van der Waals surface area contributed by atoms with Gasteiger partial charge in [0.1, 0.15) is 11.6 Å². The second-order valence-electron chi connectivity index (χ2n) is 12.6. The lowest BCUT2D eigenvalue weighted by molar-refractivity contribution is -0.156. The van der Waals surface area contributed by atoms with Crippen molar-refractivity contribution in [3.05, 3.63) is 90.5 Å². The number of nitrogens with zero attached hydrogens (tertiary/aromatic N) is 3. The number of likely N-dealkylation sites (tertiary alicyclic amines) is 1. The maximum absolute atomic E-state index is 14.9. The van der Waals surface area contributed by atoms with Crippen LogP contribution in [0.3, 0.4) is 0 Å². The first kappa shape index (κ1) is 30.3. The molecule has 44 heavy (non-hydrogen) atoms. The van der Waals surface area contributed by atoms with Crippen molar-refractivity contribution in [1.82, 2.24) is 9.80 Å². The zero-order valence-corrected chi connectivity index (χ0v) is 25.8. The minimum Gasteiger partial charge on any atom is -0.394 e. The van der Waals surface area contributed by atoms with Gasteiger partial charge in [0.15, 0.2) is 0 Å². The Morgan fingerprint density at radius 1 is 0.886 bits per heavy atom. The summed E-state index contributed by atoms with van der Waals surface area (Å²) in [4.78, 5) is 49.5. The highest BCUT2D eigenvalue weighted by molar-refractivity contribution is 6.04. The molecular formula is C36H43N3O5. The number of ether oxygens (including phenoxy) is 1. The smallest absolute Gasteiger partial charge is 0.249 e. The van der Waals surface area contributed by atoms with Crippen LogP contribution in [0.5, 0.6) is 0 Å². The molecular weight excluding hydrogens is 554 g/mol. The fourth-order valence-corrected chi connectivity index (χ4v) is 8.06. The summed E-state index contributed by atoms with van der Waals surface area (Å²) in [6.45, 7) is 6.53. The van der Waals surface area contributed by atoms with Crippen molar-refractivity contribution < 1.29 is 24.2 Å². The molecule has 2 fully saturated rings. The Morgan fingerprint density at radius 3 is 2.23 bits per heavy atom. The Balaban J connectivity index is 1.50. The lowest BCUT2D eigenvalue weighted by Gasteiger charge is -2.41. The van der Waals surface area contributed by atoms with Gasteiger partial charge in [-0.3, -0.25) is 14.4 Å². The van der Waals surface area contributed by atoms with E-state index in [9.17, 15) is 19.5 Å². The minimum atomic E-state index is -1.36. The molecule has 2 aromatic rings. The fourth-order valence-electron chi connectivity index (χ4n) is 8.06. The molecule has 2 aromatic carbocycles. The van der Waals surface area contributed by atoms with Crippen LogP contribution in [0.25, 0.3) is 0 Å². The normalized spacial score (nSPS) is 31.0. The molecule has 3 amide bonds. The molecule has 232 valence electrons. The van der Waals surface area contributed by atoms with E-state index >= 15 is 0 Å². The zero-order chi connectivity index (χ0) is 31.1. The molecule has 0 radical (unpaired) electrons. The van der Waals surface area contributed by atoms with Gasteiger partial charge in [-0.1, -0.05) is 93.1 Å². The standard InChI is InChI=1S/C36H43N3O5/c1-4-14-25(3)37-21-13-20-36-30(33(42)39(31(36)34(37)43)28(24-40)23-26-15-8-6-9-16-26)29-32(41)38(27-17-10-7-11-18-27)22-12-19-35(29,5-2)44-36/h6-13,15-20,25,28-31,40H,4-5,14,21-24H2,1-3H3/t25?,28-,29+,30+,31?,35-,36+/m1/s1. The number of carbonyl (C=O) groups excluding carboxylic acids is 3. The Hall–Kier alpha value is -3.75. The van der Waals surface area contributed by atoms with Crippen LogP contribution in [0, 0.1) is 11.8 Å². The van der Waals surface area contributed by atoms with Crippen LogP contribution in [-0.2, 0) is 25.5 Å². The average Bonchev–Trinajstić information content (AvgIpc) is 3.33. The Labute approximate surface area is 260 Å². The van der Waals surface area contributed by atoms with Crippen LogP contribution in [-0.4, -0.2) is 81.7 Å². The van der Waals surface area contributed by atoms with Crippen molar-refractivity contribution in [2.24, 2.45) is 11.8 Å². The van der Waals surface area contributed by atoms with Crippen molar-refractivity contribution in [2.45, 2.75) is 75.8 Å². The molecule has 0 aromatic heterocycles. The third kappa shape index (κ3) is 4.70. The average molecular weight is 598 g/mol. The van der Waals surface area contributed by atoms with Gasteiger partial charge in [-0.25, -0.2) is 0 Å². The number of carbonyl (C=O) groups is 3. The van der Waals surface area contributed by atoms with Crippen LogP contribution in [0.2, 0.25) is 0 Å². The van der Waals surface area contributed by atoms with Gasteiger partial charge in [0.05, 0.1) is 30.1 Å². The predicted molar refractivity (Wildman–Crippen MR) is 169 cm³/mol. The molecule has 7 atom stereocenters. The molecule has 6 rings (SSSR count). The maximum atomic E-state index is 14.9. The number of anilines is 1. The molecule has 0 aliphatic carbocycles. The summed E-state index contributed by atoms with van der Waals surface area (Å²) in [5.41, 5.74) is -0.725. The monoisotopic (exact) mass is 597 g/mol. The Kier molecular flexibility index (Phi) is 8.24. The highest BCUT2D eigenvalue weighted by Gasteiger charge is 2.76. The lowest BCUT2D eigenvalue weighted by atomic mass is 9.73. The predicted octanol–water partition coefficient (Wildman–Crippen LogP) is 4.14. The number of rotatable bonds is 9. The fraction of sp³-hybridized carbons (Fsp3) is 0.472. The van der Waals surface area contributed by atoms with Gasteiger partial charge in [0.25, 0.3) is 0 Å². The van der Waals surface area contributed by atoms with Crippen LogP contribution in [0.15, 0.2) is 85.0 Å². The number of para-hydroxylation sites is 1. The SMILES string of the molecule is CCCC(C)N1CC=C[C@]23O[C@]4(CC)C=CCN(c5ccccc5)C(=O)[C@@H]4[C@H]2C(=O)N([C@@H](CO)Cc2ccccc2)C3C1=O. The Bertz CT molecular complexity index is 1440. The maximum Gasteiger partial charge on any atom is 0.249 e. The van der Waals surface area contributed by atoms with Gasteiger partial charge in [-0.05, 0) is 43.9 Å². The summed E-state index contributed by atoms with van der Waals surface area (Å²) >= 11 is 0. The van der Waals surface area contributed by atoms with Gasteiger partial charge in [-0.15, -0.1) is 0 Å². The van der Waals surface area contributed by atoms with E-state index in [-0.39, 0.29) is 30.4 Å². The van der Waals surface area contributed by atoms with Gasteiger partial charge in [-0.2, -0.15) is 0 Å². The highest BCUT2D eigenvalue weighted by atomic mass is 16.5. The third-order valence-corrected chi connectivity index (χ3v) is 10.1. The van der Waals surface area contributed by atoms with Crippen LogP contribution < -0.4 is 4.90 Å². The van der Waals surface area contributed by atoms with Gasteiger partial charge < -0.3 is 24.5 Å². The van der Waals surface area contributed by atoms with Crippen LogP contribution in [0.1, 0.15) is 45.6 Å². The summed E-state index contributed by atoms with van der Waals surface area (Å²) in [5, 5.41) is 10.8. The molecule has 4 aliphatic heterocycles. The van der Waals surface area contributed by atoms with Crippen molar-refractivity contribution in [3.8, 4) is 0 Å². The van der Waals surface area contributed by atoms with E-state index < -0.39 is 35.1 Å². The first-order valence-corrected chi connectivity index (χ1v) is 16.0. The number of benzene rings is 2. The van der Waals surface area contributed by atoms with Crippen molar-refractivity contribution in [2.75, 3.05) is 24.6 Å².